The highest BCUT2D eigenvalue weighted by atomic mass is 16.2. The van der Waals surface area contributed by atoms with Crippen LogP contribution >= 0.6 is 0 Å². The van der Waals surface area contributed by atoms with Gasteiger partial charge >= 0.3 is 6.03 Å². The zero-order chi connectivity index (χ0) is 12.8. The van der Waals surface area contributed by atoms with Crippen LogP contribution in [0.15, 0.2) is 48.7 Å². The quantitative estimate of drug-likeness (QED) is 0.860. The van der Waals surface area contributed by atoms with E-state index in [1.807, 2.05) is 30.3 Å². The second-order valence-corrected chi connectivity index (χ2v) is 3.53. The minimum Gasteiger partial charge on any atom is -0.348 e. The van der Waals surface area contributed by atoms with E-state index in [1.54, 1.807) is 24.6 Å². The molecule has 0 bridgehead atoms. The fourth-order valence-corrected chi connectivity index (χ4v) is 1.59. The Morgan fingerprint density at radius 2 is 2.00 bits per heavy atom. The maximum absolute atomic E-state index is 12.0. The number of rotatable bonds is 4. The normalized spacial score (nSPS) is 9.78. The van der Waals surface area contributed by atoms with Crippen molar-refractivity contribution in [1.82, 2.24) is 10.3 Å². The van der Waals surface area contributed by atoms with Crippen molar-refractivity contribution in [2.45, 2.75) is 0 Å². The van der Waals surface area contributed by atoms with Gasteiger partial charge in [0, 0.05) is 6.20 Å². The average molecular weight is 242 g/mol. The van der Waals surface area contributed by atoms with Crippen LogP contribution in [0.3, 0.4) is 0 Å². The van der Waals surface area contributed by atoms with Gasteiger partial charge in [0.2, 0.25) is 6.29 Å². The van der Waals surface area contributed by atoms with Crippen LogP contribution in [-0.2, 0) is 4.79 Å². The molecule has 0 aliphatic heterocycles. The Morgan fingerprint density at radius 3 is 2.61 bits per heavy atom. The SMILES string of the molecule is O=[C]CNC(=O)N(c1ccccc1)c1ccc[nH]1. The van der Waals surface area contributed by atoms with Gasteiger partial charge in [0.05, 0.1) is 12.2 Å². The van der Waals surface area contributed by atoms with E-state index in [-0.39, 0.29) is 12.6 Å². The van der Waals surface area contributed by atoms with Crippen molar-refractivity contribution in [3.05, 3.63) is 48.7 Å². The van der Waals surface area contributed by atoms with E-state index < -0.39 is 0 Å². The Bertz CT molecular complexity index is 508. The zero-order valence-electron chi connectivity index (χ0n) is 9.59. The summed E-state index contributed by atoms with van der Waals surface area (Å²) in [4.78, 5) is 26.6. The highest BCUT2D eigenvalue weighted by molar-refractivity contribution is 5.99. The molecule has 0 fully saturated rings. The fourth-order valence-electron chi connectivity index (χ4n) is 1.59. The summed E-state index contributed by atoms with van der Waals surface area (Å²) in [6.07, 6.45) is 3.36. The first-order valence-corrected chi connectivity index (χ1v) is 5.44. The standard InChI is InChI=1S/C13H12N3O2/c17-10-9-15-13(18)16(12-7-4-8-14-12)11-5-2-1-3-6-11/h1-8,14H,9H2,(H,15,18). The third kappa shape index (κ3) is 2.57. The summed E-state index contributed by atoms with van der Waals surface area (Å²) in [6.45, 7) is -0.136. The number of urea groups is 1. The molecule has 2 amide bonds. The zero-order valence-corrected chi connectivity index (χ0v) is 9.59. The molecule has 5 heteroatoms. The molecule has 1 aromatic heterocycles. The molecule has 91 valence electrons. The first kappa shape index (κ1) is 11.9. The van der Waals surface area contributed by atoms with Gasteiger partial charge in [-0.15, -0.1) is 0 Å². The van der Waals surface area contributed by atoms with Gasteiger partial charge in [-0.3, -0.25) is 4.79 Å². The molecule has 2 aromatic rings. The Balaban J connectivity index is 2.29. The smallest absolute Gasteiger partial charge is 0.328 e. The molecular formula is C13H12N3O2. The first-order valence-electron chi connectivity index (χ1n) is 5.44. The van der Waals surface area contributed by atoms with Crippen LogP contribution in [0.4, 0.5) is 16.3 Å². The lowest BCUT2D eigenvalue weighted by atomic mass is 10.3. The van der Waals surface area contributed by atoms with Crippen molar-refractivity contribution >= 4 is 23.8 Å². The molecular weight excluding hydrogens is 230 g/mol. The summed E-state index contributed by atoms with van der Waals surface area (Å²) in [5.74, 6) is 0.629. The van der Waals surface area contributed by atoms with Gasteiger partial charge in [-0.25, -0.2) is 9.69 Å². The molecule has 0 atom stereocenters. The minimum atomic E-state index is -0.382. The van der Waals surface area contributed by atoms with Crippen molar-refractivity contribution in [2.24, 2.45) is 0 Å². The number of hydrogen-bond donors (Lipinski definition) is 2. The van der Waals surface area contributed by atoms with Gasteiger partial charge in [-0.2, -0.15) is 0 Å². The maximum atomic E-state index is 12.0. The third-order valence-corrected chi connectivity index (χ3v) is 2.35. The Morgan fingerprint density at radius 1 is 1.22 bits per heavy atom. The van der Waals surface area contributed by atoms with Crippen molar-refractivity contribution in [2.75, 3.05) is 11.4 Å². The molecule has 0 unspecified atom stereocenters. The Labute approximate surface area is 104 Å². The van der Waals surface area contributed by atoms with Gasteiger partial charge in [-0.1, -0.05) is 18.2 Å². The molecule has 1 aromatic carbocycles. The number of anilines is 2. The lowest BCUT2D eigenvalue weighted by Crippen LogP contribution is -2.37. The number of carbonyl (C=O) groups is 1. The van der Waals surface area contributed by atoms with Gasteiger partial charge in [0.15, 0.2) is 0 Å². The van der Waals surface area contributed by atoms with E-state index in [0.717, 1.165) is 0 Å². The molecule has 0 aliphatic rings. The van der Waals surface area contributed by atoms with Crippen LogP contribution in [-0.4, -0.2) is 23.8 Å². The van der Waals surface area contributed by atoms with Crippen LogP contribution in [0.25, 0.3) is 0 Å². The van der Waals surface area contributed by atoms with E-state index in [4.69, 9.17) is 0 Å². The van der Waals surface area contributed by atoms with Crippen molar-refractivity contribution in [1.29, 1.82) is 0 Å². The Hall–Kier alpha value is -2.56. The lowest BCUT2D eigenvalue weighted by Gasteiger charge is -2.21. The highest BCUT2D eigenvalue weighted by Gasteiger charge is 2.17. The number of H-pyrrole nitrogens is 1. The molecule has 18 heavy (non-hydrogen) atoms. The van der Waals surface area contributed by atoms with E-state index in [2.05, 4.69) is 10.3 Å². The van der Waals surface area contributed by atoms with Crippen molar-refractivity contribution < 1.29 is 9.59 Å². The molecule has 5 nitrogen and oxygen atoms in total. The number of aromatic amines is 1. The lowest BCUT2D eigenvalue weighted by molar-refractivity contribution is 0.249. The number of nitrogens with one attached hydrogen (secondary N) is 2. The summed E-state index contributed by atoms with van der Waals surface area (Å²) < 4.78 is 0. The molecule has 2 N–H and O–H groups in total. The molecule has 0 spiro atoms. The summed E-state index contributed by atoms with van der Waals surface area (Å²) in [6, 6.07) is 12.4. The van der Waals surface area contributed by atoms with Crippen LogP contribution in [0.5, 0.6) is 0 Å². The van der Waals surface area contributed by atoms with Crippen LogP contribution in [0.2, 0.25) is 0 Å². The van der Waals surface area contributed by atoms with Gasteiger partial charge < -0.3 is 10.3 Å². The Kier molecular flexibility index (Phi) is 3.76. The molecule has 0 saturated carbocycles. The van der Waals surface area contributed by atoms with E-state index in [0.29, 0.717) is 11.5 Å². The summed E-state index contributed by atoms with van der Waals surface area (Å²) in [5.41, 5.74) is 0.711. The van der Waals surface area contributed by atoms with E-state index >= 15 is 0 Å². The van der Waals surface area contributed by atoms with Crippen molar-refractivity contribution in [3.8, 4) is 0 Å². The molecule has 0 aliphatic carbocycles. The number of aromatic nitrogens is 1. The predicted molar refractivity (Wildman–Crippen MR) is 68.5 cm³/mol. The number of benzene rings is 1. The average Bonchev–Trinajstić information content (AvgIpc) is 2.92. The summed E-state index contributed by atoms with van der Waals surface area (Å²) in [7, 11) is 0. The van der Waals surface area contributed by atoms with Crippen LogP contribution in [0.1, 0.15) is 0 Å². The predicted octanol–water partition coefficient (Wildman–Crippen LogP) is 1.97. The van der Waals surface area contributed by atoms with Crippen LogP contribution < -0.4 is 10.2 Å². The number of para-hydroxylation sites is 1. The highest BCUT2D eigenvalue weighted by Crippen LogP contribution is 2.23. The van der Waals surface area contributed by atoms with Gasteiger partial charge in [0.1, 0.15) is 5.82 Å². The summed E-state index contributed by atoms with van der Waals surface area (Å²) >= 11 is 0. The summed E-state index contributed by atoms with van der Waals surface area (Å²) in [5, 5.41) is 2.46. The van der Waals surface area contributed by atoms with E-state index in [1.165, 1.54) is 4.90 Å². The monoisotopic (exact) mass is 242 g/mol. The second-order valence-electron chi connectivity index (χ2n) is 3.53. The largest absolute Gasteiger partial charge is 0.348 e. The van der Waals surface area contributed by atoms with Crippen LogP contribution in [0, 0.1) is 0 Å². The molecule has 1 heterocycles. The maximum Gasteiger partial charge on any atom is 0.328 e. The van der Waals surface area contributed by atoms with Gasteiger partial charge in [-0.05, 0) is 24.3 Å². The number of nitrogens with zero attached hydrogens (tertiary/aromatic N) is 1. The minimum absolute atomic E-state index is 0.136. The molecule has 2 rings (SSSR count). The first-order chi connectivity index (χ1) is 8.83. The molecule has 1 radical (unpaired) electrons. The third-order valence-electron chi connectivity index (χ3n) is 2.35. The number of amides is 2. The number of hydrogen-bond acceptors (Lipinski definition) is 2. The number of carbonyl (C=O) groups excluding carboxylic acids is 2. The van der Waals surface area contributed by atoms with E-state index in [9.17, 15) is 9.59 Å². The molecule has 0 saturated heterocycles. The van der Waals surface area contributed by atoms with Gasteiger partial charge in [0.25, 0.3) is 0 Å². The second kappa shape index (κ2) is 5.67. The van der Waals surface area contributed by atoms with Crippen molar-refractivity contribution in [3.63, 3.8) is 0 Å². The fraction of sp³-hybridized carbons (Fsp3) is 0.0769. The topological polar surface area (TPSA) is 65.2 Å².